The van der Waals surface area contributed by atoms with E-state index in [1.807, 2.05) is 30.3 Å². The van der Waals surface area contributed by atoms with Crippen LogP contribution in [-0.2, 0) is 0 Å². The van der Waals surface area contributed by atoms with Crippen molar-refractivity contribution in [3.05, 3.63) is 60.4 Å². The Hall–Kier alpha value is -3.28. The number of methoxy groups -OCH3 is 1. The number of benzene rings is 2. The third-order valence-corrected chi connectivity index (χ3v) is 3.64. The minimum atomic E-state index is -0.320. The van der Waals surface area contributed by atoms with Gasteiger partial charge in [-0.2, -0.15) is 4.98 Å². The Bertz CT molecular complexity index is 1010. The van der Waals surface area contributed by atoms with E-state index in [1.54, 1.807) is 19.2 Å². The molecule has 5 nitrogen and oxygen atoms in total. The molecule has 24 heavy (non-hydrogen) atoms. The van der Waals surface area contributed by atoms with Crippen LogP contribution >= 0.6 is 0 Å². The van der Waals surface area contributed by atoms with Gasteiger partial charge < -0.3 is 9.26 Å². The first-order valence-electron chi connectivity index (χ1n) is 7.28. The summed E-state index contributed by atoms with van der Waals surface area (Å²) in [5.41, 5.74) is 2.09. The van der Waals surface area contributed by atoms with Crippen LogP contribution in [0.15, 0.2) is 59.1 Å². The number of nitrogens with zero attached hydrogens (tertiary/aromatic N) is 3. The second-order valence-electron chi connectivity index (χ2n) is 5.17. The highest BCUT2D eigenvalue weighted by Gasteiger charge is 2.16. The molecule has 0 bridgehead atoms. The SMILES string of the molecule is COc1nc2ccccc2cc1-c1noc(-c2ccc(F)cc2)n1. The Balaban J connectivity index is 1.81. The Morgan fingerprint density at radius 2 is 1.79 bits per heavy atom. The van der Waals surface area contributed by atoms with Crippen molar-refractivity contribution in [2.24, 2.45) is 0 Å². The van der Waals surface area contributed by atoms with Gasteiger partial charge in [-0.3, -0.25) is 0 Å². The molecule has 0 fully saturated rings. The number of halogens is 1. The summed E-state index contributed by atoms with van der Waals surface area (Å²) in [4.78, 5) is 8.85. The maximum atomic E-state index is 13.0. The quantitative estimate of drug-likeness (QED) is 0.568. The minimum Gasteiger partial charge on any atom is -0.480 e. The van der Waals surface area contributed by atoms with E-state index < -0.39 is 0 Å². The number of aromatic nitrogens is 3. The molecule has 2 heterocycles. The van der Waals surface area contributed by atoms with Gasteiger partial charge in [-0.15, -0.1) is 0 Å². The van der Waals surface area contributed by atoms with E-state index >= 15 is 0 Å². The van der Waals surface area contributed by atoms with Gasteiger partial charge in [0, 0.05) is 10.9 Å². The normalized spacial score (nSPS) is 10.9. The second-order valence-corrected chi connectivity index (χ2v) is 5.17. The Morgan fingerprint density at radius 1 is 1.00 bits per heavy atom. The first-order valence-corrected chi connectivity index (χ1v) is 7.28. The predicted octanol–water partition coefficient (Wildman–Crippen LogP) is 4.10. The molecule has 0 radical (unpaired) electrons. The lowest BCUT2D eigenvalue weighted by Gasteiger charge is -2.06. The average Bonchev–Trinajstić information content (AvgIpc) is 3.11. The van der Waals surface area contributed by atoms with Gasteiger partial charge >= 0.3 is 0 Å². The van der Waals surface area contributed by atoms with Crippen LogP contribution in [0, 0.1) is 5.82 Å². The Labute approximate surface area is 136 Å². The van der Waals surface area contributed by atoms with Gasteiger partial charge in [-0.1, -0.05) is 23.4 Å². The van der Waals surface area contributed by atoms with Crippen molar-refractivity contribution in [3.8, 4) is 28.7 Å². The molecule has 0 amide bonds. The standard InChI is InChI=1S/C18H12FN3O2/c1-23-18-14(10-12-4-2-3-5-15(12)20-18)16-21-17(24-22-16)11-6-8-13(19)9-7-11/h2-10H,1H3. The van der Waals surface area contributed by atoms with Crippen molar-refractivity contribution in [1.82, 2.24) is 15.1 Å². The smallest absolute Gasteiger partial charge is 0.258 e. The van der Waals surface area contributed by atoms with Crippen LogP contribution in [0.5, 0.6) is 5.88 Å². The molecule has 0 aliphatic carbocycles. The average molecular weight is 321 g/mol. The topological polar surface area (TPSA) is 61.0 Å². The zero-order chi connectivity index (χ0) is 16.5. The highest BCUT2D eigenvalue weighted by molar-refractivity contribution is 5.84. The largest absolute Gasteiger partial charge is 0.480 e. The fourth-order valence-corrected chi connectivity index (χ4v) is 2.46. The van der Waals surface area contributed by atoms with Crippen LogP contribution in [0.1, 0.15) is 0 Å². The fraction of sp³-hybridized carbons (Fsp3) is 0.0556. The van der Waals surface area contributed by atoms with Gasteiger partial charge in [-0.05, 0) is 36.4 Å². The van der Waals surface area contributed by atoms with Gasteiger partial charge in [0.05, 0.1) is 18.2 Å². The molecule has 118 valence electrons. The Morgan fingerprint density at radius 3 is 2.58 bits per heavy atom. The molecular weight excluding hydrogens is 309 g/mol. The van der Waals surface area contributed by atoms with Crippen molar-refractivity contribution in [2.45, 2.75) is 0 Å². The number of hydrogen-bond donors (Lipinski definition) is 0. The van der Waals surface area contributed by atoms with Crippen molar-refractivity contribution >= 4 is 10.9 Å². The van der Waals surface area contributed by atoms with Crippen molar-refractivity contribution in [1.29, 1.82) is 0 Å². The highest BCUT2D eigenvalue weighted by Crippen LogP contribution is 2.31. The Kier molecular flexibility index (Phi) is 3.42. The monoisotopic (exact) mass is 321 g/mol. The molecule has 0 unspecified atom stereocenters. The van der Waals surface area contributed by atoms with E-state index in [2.05, 4.69) is 15.1 Å². The number of fused-ring (bicyclic) bond motifs is 1. The van der Waals surface area contributed by atoms with Crippen molar-refractivity contribution < 1.29 is 13.7 Å². The lowest BCUT2D eigenvalue weighted by atomic mass is 10.1. The number of para-hydroxylation sites is 1. The first kappa shape index (κ1) is 14.3. The third-order valence-electron chi connectivity index (χ3n) is 3.64. The lowest BCUT2D eigenvalue weighted by molar-refractivity contribution is 0.399. The second kappa shape index (κ2) is 5.73. The zero-order valence-corrected chi connectivity index (χ0v) is 12.7. The van der Waals surface area contributed by atoms with Gasteiger partial charge in [0.15, 0.2) is 0 Å². The van der Waals surface area contributed by atoms with E-state index in [9.17, 15) is 4.39 Å². The summed E-state index contributed by atoms with van der Waals surface area (Å²) in [6, 6.07) is 15.5. The lowest BCUT2D eigenvalue weighted by Crippen LogP contribution is -1.94. The van der Waals surface area contributed by atoms with Gasteiger partial charge in [0.1, 0.15) is 5.82 Å². The molecule has 4 aromatic rings. The van der Waals surface area contributed by atoms with Gasteiger partial charge in [-0.25, -0.2) is 9.37 Å². The summed E-state index contributed by atoms with van der Waals surface area (Å²) in [7, 11) is 1.54. The number of ether oxygens (including phenoxy) is 1. The first-order chi connectivity index (χ1) is 11.7. The minimum absolute atomic E-state index is 0.306. The maximum Gasteiger partial charge on any atom is 0.258 e. The van der Waals surface area contributed by atoms with E-state index in [-0.39, 0.29) is 5.82 Å². The van der Waals surface area contributed by atoms with Crippen molar-refractivity contribution in [2.75, 3.05) is 7.11 Å². The molecule has 0 N–H and O–H groups in total. The molecule has 0 atom stereocenters. The van der Waals surface area contributed by atoms with E-state index in [1.165, 1.54) is 12.1 Å². The number of rotatable bonds is 3. The fourth-order valence-electron chi connectivity index (χ4n) is 2.46. The molecule has 4 rings (SSSR count). The highest BCUT2D eigenvalue weighted by atomic mass is 19.1. The molecule has 0 saturated heterocycles. The number of pyridine rings is 1. The molecule has 0 aliphatic rings. The molecule has 0 spiro atoms. The summed E-state index contributed by atoms with van der Waals surface area (Å²) in [6.07, 6.45) is 0. The van der Waals surface area contributed by atoms with E-state index in [4.69, 9.17) is 9.26 Å². The van der Waals surface area contributed by atoms with E-state index in [0.717, 1.165) is 10.9 Å². The van der Waals surface area contributed by atoms with Gasteiger partial charge in [0.2, 0.25) is 11.7 Å². The van der Waals surface area contributed by atoms with Crippen LogP contribution in [0.25, 0.3) is 33.7 Å². The molecule has 2 aromatic heterocycles. The molecule has 0 saturated carbocycles. The maximum absolute atomic E-state index is 13.0. The summed E-state index contributed by atoms with van der Waals surface area (Å²) in [5, 5.41) is 4.95. The zero-order valence-electron chi connectivity index (χ0n) is 12.7. The van der Waals surface area contributed by atoms with Gasteiger partial charge in [0.25, 0.3) is 5.89 Å². The molecule has 0 aliphatic heterocycles. The predicted molar refractivity (Wildman–Crippen MR) is 87.0 cm³/mol. The van der Waals surface area contributed by atoms with Crippen LogP contribution < -0.4 is 4.74 Å². The number of hydrogen-bond acceptors (Lipinski definition) is 5. The van der Waals surface area contributed by atoms with Crippen LogP contribution in [0.2, 0.25) is 0 Å². The van der Waals surface area contributed by atoms with Crippen LogP contribution in [-0.4, -0.2) is 22.2 Å². The van der Waals surface area contributed by atoms with E-state index in [0.29, 0.717) is 28.7 Å². The summed E-state index contributed by atoms with van der Waals surface area (Å²) in [5.74, 6) is 0.767. The molecular formula is C18H12FN3O2. The van der Waals surface area contributed by atoms with Crippen LogP contribution in [0.4, 0.5) is 4.39 Å². The van der Waals surface area contributed by atoms with Crippen molar-refractivity contribution in [3.63, 3.8) is 0 Å². The third kappa shape index (κ3) is 2.48. The molecule has 6 heteroatoms. The summed E-state index contributed by atoms with van der Waals surface area (Å²) >= 11 is 0. The summed E-state index contributed by atoms with van der Waals surface area (Å²) < 4.78 is 23.7. The molecule has 2 aromatic carbocycles. The van der Waals surface area contributed by atoms with Crippen LogP contribution in [0.3, 0.4) is 0 Å². The summed E-state index contributed by atoms with van der Waals surface area (Å²) in [6.45, 7) is 0.